The standard InChI is InChI=1S/C11H9N5/c1-8-11(9-5-3-2-4-6-9)13-7-10(14-8)15-16-12/h2-7H,1H3. The Morgan fingerprint density at radius 2 is 2.00 bits per heavy atom. The van der Waals surface area contributed by atoms with Crippen LogP contribution in [-0.4, -0.2) is 9.97 Å². The van der Waals surface area contributed by atoms with E-state index in [1.165, 1.54) is 6.20 Å². The zero-order valence-electron chi connectivity index (χ0n) is 8.70. The number of benzene rings is 1. The molecule has 2 rings (SSSR count). The van der Waals surface area contributed by atoms with Crippen LogP contribution >= 0.6 is 0 Å². The van der Waals surface area contributed by atoms with Crippen LogP contribution in [0.3, 0.4) is 0 Å². The maximum Gasteiger partial charge on any atom is 0.145 e. The van der Waals surface area contributed by atoms with Gasteiger partial charge in [0.25, 0.3) is 0 Å². The van der Waals surface area contributed by atoms with Crippen molar-refractivity contribution in [2.24, 2.45) is 5.11 Å². The molecular weight excluding hydrogens is 202 g/mol. The molecule has 2 aromatic rings. The summed E-state index contributed by atoms with van der Waals surface area (Å²) in [5.41, 5.74) is 10.8. The van der Waals surface area contributed by atoms with Crippen molar-refractivity contribution in [3.63, 3.8) is 0 Å². The highest BCUT2D eigenvalue weighted by Crippen LogP contribution is 2.20. The highest BCUT2D eigenvalue weighted by molar-refractivity contribution is 5.61. The largest absolute Gasteiger partial charge is 0.252 e. The lowest BCUT2D eigenvalue weighted by atomic mass is 10.1. The van der Waals surface area contributed by atoms with E-state index in [4.69, 9.17) is 5.53 Å². The molecule has 0 aliphatic carbocycles. The molecular formula is C11H9N5. The van der Waals surface area contributed by atoms with E-state index < -0.39 is 0 Å². The minimum absolute atomic E-state index is 0.291. The monoisotopic (exact) mass is 211 g/mol. The summed E-state index contributed by atoms with van der Waals surface area (Å²) in [5.74, 6) is 0.291. The second-order valence-corrected chi connectivity index (χ2v) is 3.22. The molecule has 0 saturated carbocycles. The Balaban J connectivity index is 2.48. The molecule has 0 fully saturated rings. The van der Waals surface area contributed by atoms with Crippen molar-refractivity contribution in [2.75, 3.05) is 0 Å². The highest BCUT2D eigenvalue weighted by Gasteiger charge is 2.04. The van der Waals surface area contributed by atoms with Crippen molar-refractivity contribution < 1.29 is 0 Å². The maximum absolute atomic E-state index is 8.29. The van der Waals surface area contributed by atoms with Gasteiger partial charge in [0.1, 0.15) is 5.82 Å². The third kappa shape index (κ3) is 1.99. The van der Waals surface area contributed by atoms with E-state index >= 15 is 0 Å². The van der Waals surface area contributed by atoms with Crippen molar-refractivity contribution in [3.05, 3.63) is 52.7 Å². The molecule has 5 nitrogen and oxygen atoms in total. The lowest BCUT2D eigenvalue weighted by molar-refractivity contribution is 1.10. The van der Waals surface area contributed by atoms with E-state index in [0.717, 1.165) is 17.0 Å². The van der Waals surface area contributed by atoms with Crippen LogP contribution < -0.4 is 0 Å². The number of hydrogen-bond donors (Lipinski definition) is 0. The predicted octanol–water partition coefficient (Wildman–Crippen LogP) is 3.39. The average molecular weight is 211 g/mol. The number of nitrogens with zero attached hydrogens (tertiary/aromatic N) is 5. The molecule has 0 unspecified atom stereocenters. The summed E-state index contributed by atoms with van der Waals surface area (Å²) in [6.07, 6.45) is 1.47. The Bertz CT molecular complexity index is 544. The summed E-state index contributed by atoms with van der Waals surface area (Å²) in [6.45, 7) is 1.84. The van der Waals surface area contributed by atoms with Crippen molar-refractivity contribution in [1.29, 1.82) is 0 Å². The van der Waals surface area contributed by atoms with Crippen LogP contribution in [0.15, 0.2) is 41.6 Å². The fourth-order valence-electron chi connectivity index (χ4n) is 1.44. The van der Waals surface area contributed by atoms with Crippen molar-refractivity contribution in [3.8, 4) is 11.3 Å². The zero-order valence-corrected chi connectivity index (χ0v) is 8.70. The first-order valence-corrected chi connectivity index (χ1v) is 4.75. The Labute approximate surface area is 92.4 Å². The lowest BCUT2D eigenvalue weighted by Gasteiger charge is -2.04. The number of hydrogen-bond acceptors (Lipinski definition) is 3. The first kappa shape index (κ1) is 10.1. The summed E-state index contributed by atoms with van der Waals surface area (Å²) in [5, 5.41) is 3.41. The quantitative estimate of drug-likeness (QED) is 0.433. The fraction of sp³-hybridized carbons (Fsp3) is 0.0909. The summed E-state index contributed by atoms with van der Waals surface area (Å²) >= 11 is 0. The molecule has 0 radical (unpaired) electrons. The van der Waals surface area contributed by atoms with Gasteiger partial charge in [-0.2, -0.15) is 0 Å². The van der Waals surface area contributed by atoms with Crippen LogP contribution in [0.1, 0.15) is 5.69 Å². The number of aromatic nitrogens is 2. The first-order valence-electron chi connectivity index (χ1n) is 4.75. The van der Waals surface area contributed by atoms with Gasteiger partial charge < -0.3 is 0 Å². The van der Waals surface area contributed by atoms with Gasteiger partial charge in [-0.1, -0.05) is 30.3 Å². The molecule has 5 heteroatoms. The van der Waals surface area contributed by atoms with Crippen LogP contribution in [0.25, 0.3) is 21.7 Å². The summed E-state index contributed by atoms with van der Waals surface area (Å²) in [6, 6.07) is 9.75. The second kappa shape index (κ2) is 4.42. The first-order chi connectivity index (χ1) is 7.81. The lowest BCUT2D eigenvalue weighted by Crippen LogP contribution is -1.91. The van der Waals surface area contributed by atoms with Gasteiger partial charge in [0.2, 0.25) is 0 Å². The van der Waals surface area contributed by atoms with Gasteiger partial charge in [-0.15, -0.1) is 0 Å². The average Bonchev–Trinajstić information content (AvgIpc) is 2.31. The van der Waals surface area contributed by atoms with Crippen LogP contribution in [0.4, 0.5) is 5.82 Å². The molecule has 1 aromatic heterocycles. The van der Waals surface area contributed by atoms with Gasteiger partial charge in [0, 0.05) is 10.5 Å². The second-order valence-electron chi connectivity index (χ2n) is 3.22. The minimum Gasteiger partial charge on any atom is -0.252 e. The number of azide groups is 1. The minimum atomic E-state index is 0.291. The normalized spacial score (nSPS) is 9.56. The third-order valence-electron chi connectivity index (χ3n) is 2.13. The molecule has 0 spiro atoms. The molecule has 0 N–H and O–H groups in total. The van der Waals surface area contributed by atoms with E-state index in [0.29, 0.717) is 5.82 Å². The maximum atomic E-state index is 8.29. The van der Waals surface area contributed by atoms with Crippen LogP contribution in [0.2, 0.25) is 0 Å². The molecule has 0 bridgehead atoms. The van der Waals surface area contributed by atoms with Gasteiger partial charge >= 0.3 is 0 Å². The van der Waals surface area contributed by atoms with E-state index in [1.807, 2.05) is 37.3 Å². The van der Waals surface area contributed by atoms with E-state index in [9.17, 15) is 0 Å². The Morgan fingerprint density at radius 1 is 1.25 bits per heavy atom. The zero-order chi connectivity index (χ0) is 11.4. The Hall–Kier alpha value is -2.39. The molecule has 0 amide bonds. The van der Waals surface area contributed by atoms with Crippen molar-refractivity contribution in [1.82, 2.24) is 9.97 Å². The van der Waals surface area contributed by atoms with Crippen molar-refractivity contribution in [2.45, 2.75) is 6.92 Å². The van der Waals surface area contributed by atoms with E-state index in [-0.39, 0.29) is 0 Å². The Morgan fingerprint density at radius 3 is 2.62 bits per heavy atom. The van der Waals surface area contributed by atoms with Crippen LogP contribution in [0, 0.1) is 6.92 Å². The Kier molecular flexibility index (Phi) is 2.80. The topological polar surface area (TPSA) is 74.5 Å². The smallest absolute Gasteiger partial charge is 0.145 e. The van der Waals surface area contributed by atoms with Crippen LogP contribution in [-0.2, 0) is 0 Å². The van der Waals surface area contributed by atoms with Gasteiger partial charge in [-0.3, -0.25) is 4.98 Å². The molecule has 1 aromatic carbocycles. The molecule has 1 heterocycles. The molecule has 78 valence electrons. The van der Waals surface area contributed by atoms with Crippen LogP contribution in [0.5, 0.6) is 0 Å². The number of rotatable bonds is 2. The molecule has 0 saturated heterocycles. The summed E-state index contributed by atoms with van der Waals surface area (Å²) in [7, 11) is 0. The summed E-state index contributed by atoms with van der Waals surface area (Å²) in [4.78, 5) is 11.1. The number of aryl methyl sites for hydroxylation is 1. The fourth-order valence-corrected chi connectivity index (χ4v) is 1.44. The summed E-state index contributed by atoms with van der Waals surface area (Å²) < 4.78 is 0. The highest BCUT2D eigenvalue weighted by atomic mass is 15.2. The molecule has 0 aliphatic heterocycles. The van der Waals surface area contributed by atoms with E-state index in [2.05, 4.69) is 20.0 Å². The predicted molar refractivity (Wildman–Crippen MR) is 61.0 cm³/mol. The van der Waals surface area contributed by atoms with Gasteiger partial charge in [-0.25, -0.2) is 4.98 Å². The molecule has 0 atom stereocenters. The third-order valence-corrected chi connectivity index (χ3v) is 2.13. The van der Waals surface area contributed by atoms with Gasteiger partial charge in [0.15, 0.2) is 0 Å². The SMILES string of the molecule is Cc1nc(N=[N+]=[N-])cnc1-c1ccccc1. The van der Waals surface area contributed by atoms with Gasteiger partial charge in [0.05, 0.1) is 17.6 Å². The van der Waals surface area contributed by atoms with Gasteiger partial charge in [-0.05, 0) is 17.6 Å². The van der Waals surface area contributed by atoms with E-state index in [1.54, 1.807) is 0 Å². The molecule has 0 aliphatic rings. The van der Waals surface area contributed by atoms with Crippen molar-refractivity contribution >= 4 is 5.82 Å². The molecule has 16 heavy (non-hydrogen) atoms.